The average Bonchev–Trinajstić information content (AvgIpc) is 3.67. The van der Waals surface area contributed by atoms with Crippen LogP contribution in [0, 0.1) is 0 Å². The summed E-state index contributed by atoms with van der Waals surface area (Å²) in [4.78, 5) is 15.3. The van der Waals surface area contributed by atoms with Gasteiger partial charge in [-0.1, -0.05) is 188 Å². The van der Waals surface area contributed by atoms with E-state index in [-0.39, 0.29) is 30.1 Å². The van der Waals surface area contributed by atoms with E-state index in [0.29, 0.717) is 33.5 Å². The van der Waals surface area contributed by atoms with Crippen LogP contribution in [0.3, 0.4) is 0 Å². The van der Waals surface area contributed by atoms with E-state index in [2.05, 4.69) is 84.9 Å². The summed E-state index contributed by atoms with van der Waals surface area (Å²) < 4.78 is 38.0. The van der Waals surface area contributed by atoms with Crippen molar-refractivity contribution in [1.29, 1.82) is 0 Å². The molecule has 4 nitrogen and oxygen atoms in total. The Morgan fingerprint density at radius 2 is 0.836 bits per heavy atom. The summed E-state index contributed by atoms with van der Waals surface area (Å²) in [6.45, 7) is 0. The van der Waals surface area contributed by atoms with Crippen LogP contribution in [0.25, 0.3) is 95.0 Å². The molecule has 2 aromatic heterocycles. The van der Waals surface area contributed by atoms with Gasteiger partial charge >= 0.3 is 0 Å². The molecule has 0 aliphatic carbocycles. The first kappa shape index (κ1) is 28.1. The molecule has 0 radical (unpaired) electrons. The third-order valence-corrected chi connectivity index (χ3v) is 10.0. The van der Waals surface area contributed by atoms with Crippen LogP contribution in [0.2, 0.25) is 0 Å². The highest BCUT2D eigenvalue weighted by Gasteiger charge is 2.20. The van der Waals surface area contributed by atoms with E-state index in [9.17, 15) is 2.74 Å². The fourth-order valence-corrected chi connectivity index (χ4v) is 7.32. The van der Waals surface area contributed by atoms with Gasteiger partial charge in [0.2, 0.25) is 5.95 Å². The summed E-state index contributed by atoms with van der Waals surface area (Å²) >= 11 is 0. The first-order valence-electron chi connectivity index (χ1n) is 20.2. The highest BCUT2D eigenvalue weighted by Crippen LogP contribution is 2.39. The second-order valence-corrected chi connectivity index (χ2v) is 13.4. The van der Waals surface area contributed by atoms with Crippen molar-refractivity contribution >= 4 is 21.8 Å². The Morgan fingerprint density at radius 3 is 1.47 bits per heavy atom. The van der Waals surface area contributed by atoms with Crippen molar-refractivity contribution in [3.63, 3.8) is 0 Å². The van der Waals surface area contributed by atoms with Gasteiger partial charge in [0.1, 0.15) is 0 Å². The molecule has 258 valence electrons. The second-order valence-electron chi connectivity index (χ2n) is 13.4. The highest BCUT2D eigenvalue weighted by molar-refractivity contribution is 6.15. The predicted molar refractivity (Wildman–Crippen MR) is 227 cm³/mol. The van der Waals surface area contributed by atoms with Gasteiger partial charge in [-0.15, -0.1) is 0 Å². The van der Waals surface area contributed by atoms with Crippen molar-refractivity contribution in [3.05, 3.63) is 206 Å². The van der Waals surface area contributed by atoms with Crippen LogP contribution in [0.5, 0.6) is 0 Å². The number of hydrogen-bond acceptors (Lipinski definition) is 3. The van der Waals surface area contributed by atoms with Crippen LogP contribution in [0.4, 0.5) is 0 Å². The maximum absolute atomic E-state index is 9.33. The molecule has 2 heterocycles. The van der Waals surface area contributed by atoms with E-state index in [1.165, 1.54) is 0 Å². The van der Waals surface area contributed by atoms with E-state index in [1.54, 1.807) is 4.57 Å². The Morgan fingerprint density at radius 1 is 0.364 bits per heavy atom. The zero-order valence-electron chi connectivity index (χ0n) is 33.6. The van der Waals surface area contributed by atoms with Gasteiger partial charge in [-0.25, -0.2) is 4.98 Å². The highest BCUT2D eigenvalue weighted by atomic mass is 15.2. The van der Waals surface area contributed by atoms with Crippen molar-refractivity contribution in [2.75, 3.05) is 0 Å². The summed E-state index contributed by atoms with van der Waals surface area (Å²) in [5, 5.41) is 1.08. The van der Waals surface area contributed by atoms with Gasteiger partial charge in [0.25, 0.3) is 0 Å². The average molecular weight is 707 g/mol. The minimum absolute atomic E-state index is 0.125. The van der Waals surface area contributed by atoms with Gasteiger partial charge in [0.15, 0.2) is 11.6 Å². The third kappa shape index (κ3) is 6.06. The van der Waals surface area contributed by atoms with Gasteiger partial charge in [-0.2, -0.15) is 9.97 Å². The van der Waals surface area contributed by atoms with Crippen LogP contribution < -0.4 is 0 Å². The van der Waals surface area contributed by atoms with Crippen molar-refractivity contribution in [1.82, 2.24) is 19.5 Å². The zero-order chi connectivity index (χ0) is 40.0. The van der Waals surface area contributed by atoms with E-state index in [0.717, 1.165) is 55.6 Å². The van der Waals surface area contributed by atoms with Gasteiger partial charge in [-0.05, 0) is 62.7 Å². The molecule has 8 aromatic carbocycles. The topological polar surface area (TPSA) is 43.6 Å². The molecule has 55 heavy (non-hydrogen) atoms. The summed E-state index contributed by atoms with van der Waals surface area (Å²) in [7, 11) is 0. The lowest BCUT2D eigenvalue weighted by atomic mass is 9.97. The lowest BCUT2D eigenvalue weighted by Gasteiger charge is -2.12. The summed E-state index contributed by atoms with van der Waals surface area (Å²) in [6, 6.07) is 59.9. The lowest BCUT2D eigenvalue weighted by molar-refractivity contribution is 0.953. The molecule has 0 aliphatic rings. The van der Waals surface area contributed by atoms with Gasteiger partial charge in [-0.3, -0.25) is 4.57 Å². The van der Waals surface area contributed by atoms with Crippen LogP contribution in [-0.4, -0.2) is 19.5 Å². The largest absolute Gasteiger partial charge is 0.278 e. The monoisotopic (exact) mass is 706 g/mol. The Labute approximate surface area is 325 Å². The summed E-state index contributed by atoms with van der Waals surface area (Å²) in [5.41, 5.74) is 10.6. The molecule has 10 rings (SSSR count). The number of rotatable bonds is 7. The zero-order valence-corrected chi connectivity index (χ0v) is 29.6. The maximum Gasteiger partial charge on any atom is 0.238 e. The molecule has 0 N–H and O–H groups in total. The molecule has 0 saturated carbocycles. The van der Waals surface area contributed by atoms with Gasteiger partial charge in [0.05, 0.1) is 16.5 Å². The van der Waals surface area contributed by atoms with Crippen LogP contribution in [0.1, 0.15) is 5.48 Å². The number of fused-ring (bicyclic) bond motifs is 3. The number of aromatic nitrogens is 4. The van der Waals surface area contributed by atoms with Crippen molar-refractivity contribution in [3.8, 4) is 73.2 Å². The van der Waals surface area contributed by atoms with Crippen LogP contribution in [0.15, 0.2) is 206 Å². The third-order valence-electron chi connectivity index (χ3n) is 10.0. The molecule has 0 amide bonds. The summed E-state index contributed by atoms with van der Waals surface area (Å²) in [6.07, 6.45) is 0. The van der Waals surface area contributed by atoms with Crippen molar-refractivity contribution < 1.29 is 5.48 Å². The number of para-hydroxylation sites is 1. The molecule has 0 unspecified atom stereocenters. The van der Waals surface area contributed by atoms with Gasteiger partial charge < -0.3 is 0 Å². The molecule has 0 saturated heterocycles. The van der Waals surface area contributed by atoms with E-state index in [1.807, 2.05) is 97.1 Å². The normalized spacial score (nSPS) is 12.3. The first-order chi connectivity index (χ1) is 28.9. The molecule has 0 spiro atoms. The van der Waals surface area contributed by atoms with E-state index in [4.69, 9.17) is 17.7 Å². The Balaban J connectivity index is 1.22. The van der Waals surface area contributed by atoms with Crippen LogP contribution >= 0.6 is 0 Å². The SMILES string of the molecule is [2H]c1c([2H])c([2H])c2c(c1[2H])c1c(-c3ccc(-c4ccccc4)cc3)cccc1n2-c1nc(-c2ccc(-c3ccccc3)cc2)nc(-c2cccc(-c3ccccc3)c2)n1. The predicted octanol–water partition coefficient (Wildman–Crippen LogP) is 13.0. The molecule has 4 heteroatoms. The minimum Gasteiger partial charge on any atom is -0.278 e. The van der Waals surface area contributed by atoms with Crippen molar-refractivity contribution in [2.45, 2.75) is 0 Å². The number of nitrogens with zero attached hydrogens (tertiary/aromatic N) is 4. The Hall–Kier alpha value is -7.43. The molecule has 0 fully saturated rings. The lowest BCUT2D eigenvalue weighted by Crippen LogP contribution is -2.06. The second kappa shape index (κ2) is 13.8. The quantitative estimate of drug-likeness (QED) is 0.166. The fraction of sp³-hybridized carbons (Fsp3) is 0. The Bertz CT molecular complexity index is 3170. The number of benzene rings is 8. The maximum atomic E-state index is 9.33. The fourth-order valence-electron chi connectivity index (χ4n) is 7.32. The van der Waals surface area contributed by atoms with Crippen molar-refractivity contribution in [2.24, 2.45) is 0 Å². The first-order valence-corrected chi connectivity index (χ1v) is 18.2. The number of hydrogen-bond donors (Lipinski definition) is 0. The molecule has 0 atom stereocenters. The molecule has 10 aromatic rings. The molecular weight excluding hydrogens is 669 g/mol. The summed E-state index contributed by atoms with van der Waals surface area (Å²) in [5.74, 6) is 1.10. The smallest absolute Gasteiger partial charge is 0.238 e. The van der Waals surface area contributed by atoms with E-state index < -0.39 is 0 Å². The molecule has 0 aliphatic heterocycles. The van der Waals surface area contributed by atoms with Gasteiger partial charge in [0, 0.05) is 21.9 Å². The van der Waals surface area contributed by atoms with E-state index >= 15 is 0 Å². The van der Waals surface area contributed by atoms with Crippen LogP contribution in [-0.2, 0) is 0 Å². The molecular formula is C51H34N4. The Kier molecular flexibility index (Phi) is 7.08. The molecule has 0 bridgehead atoms. The standard InChI is InChI=1S/C51H34N4/c1-4-14-35(15-5-1)38-26-30-40(31-27-38)44-23-13-25-47-48(44)45-22-10-11-24-46(45)55(47)51-53-49(41-32-28-39(29-33-41)36-16-6-2-7-17-36)52-50(54-51)43-21-12-20-42(34-43)37-18-8-3-9-19-37/h1-34H/i10D,11D,22D,24D. The minimum atomic E-state index is -0.332.